The van der Waals surface area contributed by atoms with Crippen LogP contribution in [0.2, 0.25) is 0 Å². The zero-order valence-corrected chi connectivity index (χ0v) is 10.00. The fraction of sp³-hybridized carbons (Fsp3) is 0.167. The Morgan fingerprint density at radius 2 is 1.88 bits per heavy atom. The Morgan fingerprint density at radius 3 is 2.59 bits per heavy atom. The van der Waals surface area contributed by atoms with E-state index in [4.69, 9.17) is 5.73 Å². The van der Waals surface area contributed by atoms with E-state index in [0.29, 0.717) is 18.0 Å². The maximum absolute atomic E-state index is 11.1. The summed E-state index contributed by atoms with van der Waals surface area (Å²) in [6.07, 6.45) is 0. The monoisotopic (exact) mass is 249 g/mol. The smallest absolute Gasteiger partial charge is 0.0420 e. The standard InChI is InChI=1S/C12H14N2O2S/c13-7-8-14-11-5-1-4-10-9(11)3-2-6-12(10)17(15)16/h1-6,14H,7-8,13H2,(H,15,16)/p-1. The van der Waals surface area contributed by atoms with Crippen LogP contribution in [-0.2, 0) is 11.1 Å². The zero-order chi connectivity index (χ0) is 12.3. The van der Waals surface area contributed by atoms with Gasteiger partial charge in [0.2, 0.25) is 0 Å². The Labute approximate surface area is 102 Å². The Kier molecular flexibility index (Phi) is 3.73. The molecule has 0 saturated carbocycles. The number of nitrogens with one attached hydrogen (secondary N) is 1. The number of fused-ring (bicyclic) bond motifs is 1. The average molecular weight is 249 g/mol. The summed E-state index contributed by atoms with van der Waals surface area (Å²) < 4.78 is 22.2. The molecule has 1 atom stereocenters. The average Bonchev–Trinajstić information content (AvgIpc) is 2.35. The Balaban J connectivity index is 2.57. The Bertz CT molecular complexity index is 557. The van der Waals surface area contributed by atoms with Gasteiger partial charge in [-0.15, -0.1) is 0 Å². The van der Waals surface area contributed by atoms with Gasteiger partial charge in [0.1, 0.15) is 0 Å². The molecule has 2 aromatic rings. The lowest BCUT2D eigenvalue weighted by molar-refractivity contribution is 0.538. The zero-order valence-electron chi connectivity index (χ0n) is 9.18. The van der Waals surface area contributed by atoms with Gasteiger partial charge in [0.25, 0.3) is 0 Å². The number of benzene rings is 2. The SMILES string of the molecule is NCCNc1cccc2c(S(=O)[O-])cccc12. The first kappa shape index (κ1) is 12.0. The largest absolute Gasteiger partial charge is 0.768 e. The highest BCUT2D eigenvalue weighted by molar-refractivity contribution is 7.79. The Morgan fingerprint density at radius 1 is 1.18 bits per heavy atom. The summed E-state index contributed by atoms with van der Waals surface area (Å²) in [7, 11) is 0. The molecule has 0 fully saturated rings. The molecule has 0 amide bonds. The van der Waals surface area contributed by atoms with Crippen LogP contribution in [0, 0.1) is 0 Å². The predicted molar refractivity (Wildman–Crippen MR) is 68.7 cm³/mol. The van der Waals surface area contributed by atoms with Crippen molar-refractivity contribution in [2.45, 2.75) is 4.90 Å². The summed E-state index contributed by atoms with van der Waals surface area (Å²) in [6.45, 7) is 1.19. The third kappa shape index (κ3) is 2.46. The fourth-order valence-corrected chi connectivity index (χ4v) is 2.33. The molecule has 2 aromatic carbocycles. The topological polar surface area (TPSA) is 78.2 Å². The van der Waals surface area contributed by atoms with Gasteiger partial charge in [0.05, 0.1) is 0 Å². The van der Waals surface area contributed by atoms with Gasteiger partial charge in [-0.1, -0.05) is 24.3 Å². The second-order valence-electron chi connectivity index (χ2n) is 3.61. The highest BCUT2D eigenvalue weighted by Crippen LogP contribution is 2.27. The van der Waals surface area contributed by atoms with Crippen molar-refractivity contribution in [1.29, 1.82) is 0 Å². The fourth-order valence-electron chi connectivity index (χ4n) is 1.79. The molecule has 1 unspecified atom stereocenters. The highest BCUT2D eigenvalue weighted by atomic mass is 32.2. The molecule has 0 saturated heterocycles. The maximum Gasteiger partial charge on any atom is 0.0420 e. The first-order valence-corrected chi connectivity index (χ1v) is 6.36. The summed E-state index contributed by atoms with van der Waals surface area (Å²) >= 11 is -2.22. The maximum atomic E-state index is 11.1. The minimum atomic E-state index is -2.22. The first-order valence-electron chi connectivity index (χ1n) is 5.29. The van der Waals surface area contributed by atoms with Crippen LogP contribution in [-0.4, -0.2) is 21.9 Å². The van der Waals surface area contributed by atoms with Crippen molar-refractivity contribution in [3.63, 3.8) is 0 Å². The van der Waals surface area contributed by atoms with Crippen LogP contribution in [0.15, 0.2) is 41.3 Å². The highest BCUT2D eigenvalue weighted by Gasteiger charge is 2.04. The first-order chi connectivity index (χ1) is 8.24. The van der Waals surface area contributed by atoms with Crippen molar-refractivity contribution in [2.75, 3.05) is 18.4 Å². The summed E-state index contributed by atoms with van der Waals surface area (Å²) in [4.78, 5) is 0.318. The lowest BCUT2D eigenvalue weighted by atomic mass is 10.1. The van der Waals surface area contributed by atoms with E-state index in [0.717, 1.165) is 16.5 Å². The molecule has 0 aliphatic rings. The van der Waals surface area contributed by atoms with E-state index in [1.807, 2.05) is 18.2 Å². The molecular weight excluding hydrogens is 236 g/mol. The summed E-state index contributed by atoms with van der Waals surface area (Å²) in [6, 6.07) is 10.8. The molecule has 5 heteroatoms. The third-order valence-corrected chi connectivity index (χ3v) is 3.24. The summed E-state index contributed by atoms with van der Waals surface area (Å²) in [5, 5.41) is 4.79. The molecule has 90 valence electrons. The van der Waals surface area contributed by atoms with Gasteiger partial charge < -0.3 is 15.6 Å². The quantitative estimate of drug-likeness (QED) is 0.804. The van der Waals surface area contributed by atoms with Crippen LogP contribution in [0.1, 0.15) is 0 Å². The molecule has 0 spiro atoms. The van der Waals surface area contributed by atoms with Crippen LogP contribution in [0.25, 0.3) is 10.8 Å². The van der Waals surface area contributed by atoms with Crippen molar-refractivity contribution < 1.29 is 8.76 Å². The van der Waals surface area contributed by atoms with Crippen LogP contribution in [0.4, 0.5) is 5.69 Å². The lowest BCUT2D eigenvalue weighted by Crippen LogP contribution is -2.13. The van der Waals surface area contributed by atoms with Gasteiger partial charge in [-0.25, -0.2) is 0 Å². The van der Waals surface area contributed by atoms with Gasteiger partial charge >= 0.3 is 0 Å². The van der Waals surface area contributed by atoms with Crippen molar-refractivity contribution >= 4 is 27.5 Å². The number of hydrogen-bond donors (Lipinski definition) is 2. The molecule has 17 heavy (non-hydrogen) atoms. The molecule has 0 bridgehead atoms. The minimum Gasteiger partial charge on any atom is -0.768 e. The number of anilines is 1. The van der Waals surface area contributed by atoms with Gasteiger partial charge in [-0.05, 0) is 28.6 Å². The van der Waals surface area contributed by atoms with E-state index in [2.05, 4.69) is 5.32 Å². The predicted octanol–water partition coefficient (Wildman–Crippen LogP) is 1.45. The van der Waals surface area contributed by atoms with Gasteiger partial charge in [-0.2, -0.15) is 0 Å². The lowest BCUT2D eigenvalue weighted by Gasteiger charge is -2.13. The molecule has 0 aliphatic carbocycles. The van der Waals surface area contributed by atoms with E-state index in [1.165, 1.54) is 0 Å². The second-order valence-corrected chi connectivity index (χ2v) is 4.52. The van der Waals surface area contributed by atoms with E-state index < -0.39 is 11.1 Å². The van der Waals surface area contributed by atoms with Crippen molar-refractivity contribution in [2.24, 2.45) is 5.73 Å². The van der Waals surface area contributed by atoms with Crippen LogP contribution in [0.3, 0.4) is 0 Å². The molecule has 2 rings (SSSR count). The van der Waals surface area contributed by atoms with Gasteiger partial charge in [0, 0.05) is 29.1 Å². The van der Waals surface area contributed by atoms with E-state index in [9.17, 15) is 8.76 Å². The molecule has 0 radical (unpaired) electrons. The third-order valence-electron chi connectivity index (χ3n) is 2.52. The Hall–Kier alpha value is -1.43. The minimum absolute atomic E-state index is 0.318. The van der Waals surface area contributed by atoms with Gasteiger partial charge in [-0.3, -0.25) is 4.21 Å². The van der Waals surface area contributed by atoms with Crippen molar-refractivity contribution in [3.8, 4) is 0 Å². The van der Waals surface area contributed by atoms with Gasteiger partial charge in [0.15, 0.2) is 0 Å². The van der Waals surface area contributed by atoms with E-state index in [-0.39, 0.29) is 0 Å². The number of nitrogens with two attached hydrogens (primary N) is 1. The van der Waals surface area contributed by atoms with Crippen LogP contribution >= 0.6 is 0 Å². The van der Waals surface area contributed by atoms with E-state index >= 15 is 0 Å². The molecule has 0 aromatic heterocycles. The van der Waals surface area contributed by atoms with Crippen molar-refractivity contribution in [1.82, 2.24) is 0 Å². The normalized spacial score (nSPS) is 12.6. The molecule has 3 N–H and O–H groups in total. The number of hydrogen-bond acceptors (Lipinski definition) is 4. The van der Waals surface area contributed by atoms with Crippen LogP contribution < -0.4 is 11.1 Å². The summed E-state index contributed by atoms with van der Waals surface area (Å²) in [5.74, 6) is 0. The molecular formula is C12H13N2O2S-. The van der Waals surface area contributed by atoms with Crippen LogP contribution in [0.5, 0.6) is 0 Å². The van der Waals surface area contributed by atoms with E-state index in [1.54, 1.807) is 18.2 Å². The molecule has 0 heterocycles. The second kappa shape index (κ2) is 5.27. The number of rotatable bonds is 4. The summed E-state index contributed by atoms with van der Waals surface area (Å²) in [5.41, 5.74) is 6.34. The molecule has 0 aliphatic heterocycles. The van der Waals surface area contributed by atoms with Crippen molar-refractivity contribution in [3.05, 3.63) is 36.4 Å². The molecule has 4 nitrogen and oxygen atoms in total.